The Labute approximate surface area is 112 Å². The third-order valence-corrected chi connectivity index (χ3v) is 3.08. The standard InChI is InChI=1S/C16H15N3/c17-14-8-6-13(7-9-14)16-11-15(18-19-16)10-12-4-2-1-3-5-12/h1-9,11H,10,17H2,(H,18,19). The van der Waals surface area contributed by atoms with Gasteiger partial charge >= 0.3 is 0 Å². The van der Waals surface area contributed by atoms with Crippen molar-refractivity contribution in [2.75, 3.05) is 5.73 Å². The van der Waals surface area contributed by atoms with Crippen LogP contribution in [0.25, 0.3) is 11.3 Å². The minimum Gasteiger partial charge on any atom is -0.399 e. The quantitative estimate of drug-likeness (QED) is 0.700. The van der Waals surface area contributed by atoms with Crippen molar-refractivity contribution >= 4 is 5.69 Å². The van der Waals surface area contributed by atoms with E-state index in [9.17, 15) is 0 Å². The number of aromatic nitrogens is 2. The number of benzene rings is 2. The molecule has 0 atom stereocenters. The third-order valence-electron chi connectivity index (χ3n) is 3.08. The van der Waals surface area contributed by atoms with Gasteiger partial charge in [0.1, 0.15) is 0 Å². The van der Waals surface area contributed by atoms with E-state index in [1.54, 1.807) is 0 Å². The summed E-state index contributed by atoms with van der Waals surface area (Å²) in [5.74, 6) is 0. The van der Waals surface area contributed by atoms with E-state index in [0.717, 1.165) is 29.1 Å². The molecule has 3 aromatic rings. The molecule has 0 aliphatic carbocycles. The number of rotatable bonds is 3. The van der Waals surface area contributed by atoms with Gasteiger partial charge < -0.3 is 5.73 Å². The largest absolute Gasteiger partial charge is 0.399 e. The maximum absolute atomic E-state index is 5.69. The number of anilines is 1. The molecule has 0 amide bonds. The van der Waals surface area contributed by atoms with Gasteiger partial charge in [-0.3, -0.25) is 5.10 Å². The second kappa shape index (κ2) is 4.98. The minimum atomic E-state index is 0.771. The SMILES string of the molecule is Nc1ccc(-c2cc(Cc3ccccc3)n[nH]2)cc1. The molecule has 0 fully saturated rings. The van der Waals surface area contributed by atoms with Crippen LogP contribution in [0.1, 0.15) is 11.3 Å². The van der Waals surface area contributed by atoms with Crippen molar-refractivity contribution < 1.29 is 0 Å². The van der Waals surface area contributed by atoms with Gasteiger partial charge in [-0.25, -0.2) is 0 Å². The predicted molar refractivity (Wildman–Crippen MR) is 77.7 cm³/mol. The highest BCUT2D eigenvalue weighted by Crippen LogP contribution is 2.20. The van der Waals surface area contributed by atoms with E-state index in [4.69, 9.17) is 5.73 Å². The maximum Gasteiger partial charge on any atom is 0.0672 e. The van der Waals surface area contributed by atoms with E-state index >= 15 is 0 Å². The van der Waals surface area contributed by atoms with Crippen LogP contribution in [-0.4, -0.2) is 10.2 Å². The predicted octanol–water partition coefficient (Wildman–Crippen LogP) is 3.25. The van der Waals surface area contributed by atoms with Crippen LogP contribution in [0.3, 0.4) is 0 Å². The summed E-state index contributed by atoms with van der Waals surface area (Å²) in [5.41, 5.74) is 10.9. The monoisotopic (exact) mass is 249 g/mol. The second-order valence-corrected chi connectivity index (χ2v) is 4.56. The van der Waals surface area contributed by atoms with Crippen molar-refractivity contribution in [1.82, 2.24) is 10.2 Å². The van der Waals surface area contributed by atoms with Crippen LogP contribution in [0.15, 0.2) is 60.7 Å². The second-order valence-electron chi connectivity index (χ2n) is 4.56. The Hall–Kier alpha value is -2.55. The fourth-order valence-corrected chi connectivity index (χ4v) is 2.07. The van der Waals surface area contributed by atoms with Gasteiger partial charge in [0.15, 0.2) is 0 Å². The van der Waals surface area contributed by atoms with Gasteiger partial charge in [0.25, 0.3) is 0 Å². The molecule has 3 N–H and O–H groups in total. The highest BCUT2D eigenvalue weighted by atomic mass is 15.1. The van der Waals surface area contributed by atoms with Gasteiger partial charge in [-0.05, 0) is 29.3 Å². The first kappa shape index (κ1) is 11.5. The van der Waals surface area contributed by atoms with Gasteiger partial charge in [0.2, 0.25) is 0 Å². The number of nitrogens with one attached hydrogen (secondary N) is 1. The van der Waals surface area contributed by atoms with Gasteiger partial charge in [-0.1, -0.05) is 42.5 Å². The van der Waals surface area contributed by atoms with E-state index in [2.05, 4.69) is 28.4 Å². The van der Waals surface area contributed by atoms with E-state index < -0.39 is 0 Å². The van der Waals surface area contributed by atoms with Crippen molar-refractivity contribution in [2.45, 2.75) is 6.42 Å². The lowest BCUT2D eigenvalue weighted by Crippen LogP contribution is -1.87. The Morgan fingerprint density at radius 2 is 1.68 bits per heavy atom. The Balaban J connectivity index is 1.82. The molecule has 1 aromatic heterocycles. The van der Waals surface area contributed by atoms with Crippen LogP contribution in [0.5, 0.6) is 0 Å². The number of aromatic amines is 1. The molecular formula is C16H15N3. The Kier molecular flexibility index (Phi) is 3.02. The summed E-state index contributed by atoms with van der Waals surface area (Å²) < 4.78 is 0. The van der Waals surface area contributed by atoms with E-state index in [1.807, 2.05) is 42.5 Å². The van der Waals surface area contributed by atoms with Crippen molar-refractivity contribution in [1.29, 1.82) is 0 Å². The fourth-order valence-electron chi connectivity index (χ4n) is 2.07. The molecule has 0 saturated carbocycles. The van der Waals surface area contributed by atoms with E-state index in [1.165, 1.54) is 5.56 Å². The topological polar surface area (TPSA) is 54.7 Å². The minimum absolute atomic E-state index is 0.771. The summed E-state index contributed by atoms with van der Waals surface area (Å²) in [6.07, 6.45) is 0.840. The molecular weight excluding hydrogens is 234 g/mol. The number of nitrogen functional groups attached to an aromatic ring is 1. The van der Waals surface area contributed by atoms with Crippen molar-refractivity contribution in [2.24, 2.45) is 0 Å². The first-order valence-corrected chi connectivity index (χ1v) is 6.25. The number of hydrogen-bond donors (Lipinski definition) is 2. The van der Waals surface area contributed by atoms with Crippen molar-refractivity contribution in [3.05, 3.63) is 71.9 Å². The van der Waals surface area contributed by atoms with E-state index in [0.29, 0.717) is 0 Å². The number of nitrogens with zero attached hydrogens (tertiary/aromatic N) is 1. The average Bonchev–Trinajstić information content (AvgIpc) is 2.89. The molecule has 0 spiro atoms. The van der Waals surface area contributed by atoms with Gasteiger partial charge in [0, 0.05) is 12.1 Å². The van der Waals surface area contributed by atoms with Gasteiger partial charge in [0.05, 0.1) is 11.4 Å². The molecule has 0 aliphatic heterocycles. The summed E-state index contributed by atoms with van der Waals surface area (Å²) in [5, 5.41) is 7.42. The highest BCUT2D eigenvalue weighted by molar-refractivity contribution is 5.62. The van der Waals surface area contributed by atoms with Crippen LogP contribution in [0.2, 0.25) is 0 Å². The van der Waals surface area contributed by atoms with E-state index in [-0.39, 0.29) is 0 Å². The third kappa shape index (κ3) is 2.65. The highest BCUT2D eigenvalue weighted by Gasteiger charge is 2.04. The summed E-state index contributed by atoms with van der Waals surface area (Å²) >= 11 is 0. The van der Waals surface area contributed by atoms with Crippen LogP contribution < -0.4 is 5.73 Å². The zero-order valence-corrected chi connectivity index (χ0v) is 10.5. The Morgan fingerprint density at radius 3 is 2.42 bits per heavy atom. The summed E-state index contributed by atoms with van der Waals surface area (Å²) in [4.78, 5) is 0. The van der Waals surface area contributed by atoms with Gasteiger partial charge in [-0.15, -0.1) is 0 Å². The average molecular weight is 249 g/mol. The molecule has 19 heavy (non-hydrogen) atoms. The van der Waals surface area contributed by atoms with Crippen molar-refractivity contribution in [3.8, 4) is 11.3 Å². The molecule has 3 rings (SSSR count). The normalized spacial score (nSPS) is 10.5. The van der Waals surface area contributed by atoms with Crippen LogP contribution in [-0.2, 0) is 6.42 Å². The molecule has 0 aliphatic rings. The summed E-state index contributed by atoms with van der Waals surface area (Å²) in [6.45, 7) is 0. The van der Waals surface area contributed by atoms with Crippen LogP contribution in [0.4, 0.5) is 5.69 Å². The number of H-pyrrole nitrogens is 1. The fraction of sp³-hybridized carbons (Fsp3) is 0.0625. The molecule has 3 heteroatoms. The lowest BCUT2D eigenvalue weighted by molar-refractivity contribution is 0.998. The lowest BCUT2D eigenvalue weighted by atomic mass is 10.1. The molecule has 3 nitrogen and oxygen atoms in total. The van der Waals surface area contributed by atoms with Gasteiger partial charge in [-0.2, -0.15) is 5.10 Å². The number of nitrogens with two attached hydrogens (primary N) is 1. The Morgan fingerprint density at radius 1 is 0.947 bits per heavy atom. The maximum atomic E-state index is 5.69. The molecule has 0 unspecified atom stereocenters. The molecule has 0 radical (unpaired) electrons. The molecule has 0 bridgehead atoms. The molecule has 1 heterocycles. The van der Waals surface area contributed by atoms with Crippen LogP contribution >= 0.6 is 0 Å². The lowest BCUT2D eigenvalue weighted by Gasteiger charge is -1.97. The first-order chi connectivity index (χ1) is 9.31. The Bertz CT molecular complexity index is 654. The summed E-state index contributed by atoms with van der Waals surface area (Å²) in [6, 6.07) is 20.2. The number of hydrogen-bond acceptors (Lipinski definition) is 2. The summed E-state index contributed by atoms with van der Waals surface area (Å²) in [7, 11) is 0. The zero-order chi connectivity index (χ0) is 13.1. The smallest absolute Gasteiger partial charge is 0.0672 e. The van der Waals surface area contributed by atoms with Crippen LogP contribution in [0, 0.1) is 0 Å². The molecule has 94 valence electrons. The van der Waals surface area contributed by atoms with Crippen molar-refractivity contribution in [3.63, 3.8) is 0 Å². The first-order valence-electron chi connectivity index (χ1n) is 6.25. The molecule has 2 aromatic carbocycles. The zero-order valence-electron chi connectivity index (χ0n) is 10.5. The molecule has 0 saturated heterocycles.